The molecule has 3 nitrogen and oxygen atoms in total. The second-order valence-electron chi connectivity index (χ2n) is 5.29. The zero-order valence-electron chi connectivity index (χ0n) is 12.7. The lowest BCUT2D eigenvalue weighted by molar-refractivity contribution is 0.0815. The van der Waals surface area contributed by atoms with E-state index in [9.17, 15) is 4.79 Å². The minimum absolute atomic E-state index is 0.00382. The van der Waals surface area contributed by atoms with Crippen molar-refractivity contribution in [3.05, 3.63) is 65.7 Å². The monoisotopic (exact) mass is 283 g/mol. The maximum absolute atomic E-state index is 12.2. The van der Waals surface area contributed by atoms with Crippen LogP contribution in [0.5, 0.6) is 5.75 Å². The molecule has 0 heterocycles. The maximum atomic E-state index is 12.2. The van der Waals surface area contributed by atoms with Gasteiger partial charge >= 0.3 is 0 Å². The van der Waals surface area contributed by atoms with Gasteiger partial charge in [0, 0.05) is 12.0 Å². The summed E-state index contributed by atoms with van der Waals surface area (Å²) >= 11 is 0. The molecule has 1 atom stereocenters. The van der Waals surface area contributed by atoms with E-state index in [1.165, 1.54) is 0 Å². The molecule has 110 valence electrons. The Hall–Kier alpha value is -2.13. The fraction of sp³-hybridized carbons (Fsp3) is 0.278. The molecule has 0 saturated carbocycles. The van der Waals surface area contributed by atoms with Gasteiger partial charge in [-0.2, -0.15) is 0 Å². The summed E-state index contributed by atoms with van der Waals surface area (Å²) < 4.78 is 5.74. The highest BCUT2D eigenvalue weighted by Crippen LogP contribution is 2.16. The molecule has 0 N–H and O–H groups in total. The van der Waals surface area contributed by atoms with E-state index in [2.05, 4.69) is 0 Å². The van der Waals surface area contributed by atoms with Gasteiger partial charge in [0.05, 0.1) is 0 Å². The van der Waals surface area contributed by atoms with E-state index in [4.69, 9.17) is 4.74 Å². The summed E-state index contributed by atoms with van der Waals surface area (Å²) in [4.78, 5) is 14.2. The van der Waals surface area contributed by atoms with E-state index in [-0.39, 0.29) is 12.0 Å². The smallest absolute Gasteiger partial charge is 0.167 e. The second-order valence-corrected chi connectivity index (χ2v) is 5.29. The van der Waals surface area contributed by atoms with Gasteiger partial charge in [-0.3, -0.25) is 9.69 Å². The number of ether oxygens (including phenoxy) is 1. The highest BCUT2D eigenvalue weighted by molar-refractivity contribution is 5.97. The molecule has 0 amide bonds. The van der Waals surface area contributed by atoms with Crippen molar-refractivity contribution in [3.63, 3.8) is 0 Å². The molecule has 2 aromatic carbocycles. The molecule has 0 fully saturated rings. The first-order chi connectivity index (χ1) is 10.1. The van der Waals surface area contributed by atoms with Crippen LogP contribution in [0.25, 0.3) is 0 Å². The number of hydrogen-bond acceptors (Lipinski definition) is 3. The van der Waals surface area contributed by atoms with Crippen LogP contribution in [0, 0.1) is 0 Å². The third-order valence-corrected chi connectivity index (χ3v) is 3.42. The maximum Gasteiger partial charge on any atom is 0.167 e. The number of Topliss-reactive ketones (excluding diaryl/α,β-unsaturated/α-hetero) is 1. The number of carbonyl (C=O) groups is 1. The van der Waals surface area contributed by atoms with Gasteiger partial charge in [-0.15, -0.1) is 0 Å². The highest BCUT2D eigenvalue weighted by Gasteiger charge is 2.09. The average molecular weight is 283 g/mol. The highest BCUT2D eigenvalue weighted by atomic mass is 16.5. The Balaban J connectivity index is 2.00. The predicted octanol–water partition coefficient (Wildman–Crippen LogP) is 3.40. The summed E-state index contributed by atoms with van der Waals surface area (Å²) in [6.45, 7) is 1.98. The minimum atomic E-state index is -0.00382. The number of hydrogen-bond donors (Lipinski definition) is 0. The number of benzene rings is 2. The molecule has 2 aromatic rings. The summed E-state index contributed by atoms with van der Waals surface area (Å²) in [7, 11) is 3.92. The Morgan fingerprint density at radius 2 is 1.67 bits per heavy atom. The first-order valence-electron chi connectivity index (χ1n) is 7.06. The number of carbonyl (C=O) groups excluding carboxylic acids is 1. The summed E-state index contributed by atoms with van der Waals surface area (Å²) in [5.41, 5.74) is 1.74. The van der Waals surface area contributed by atoms with Gasteiger partial charge in [0.1, 0.15) is 12.0 Å². The molecular weight excluding hydrogens is 262 g/mol. The number of ketones is 1. The van der Waals surface area contributed by atoms with E-state index < -0.39 is 0 Å². The lowest BCUT2D eigenvalue weighted by Gasteiger charge is -2.21. The van der Waals surface area contributed by atoms with Crippen LogP contribution >= 0.6 is 0 Å². The lowest BCUT2D eigenvalue weighted by Crippen LogP contribution is -2.30. The van der Waals surface area contributed by atoms with Crippen molar-refractivity contribution in [2.45, 2.75) is 19.6 Å². The molecule has 0 aliphatic heterocycles. The Kier molecular flexibility index (Phi) is 5.12. The van der Waals surface area contributed by atoms with Gasteiger partial charge in [0.25, 0.3) is 0 Å². The van der Waals surface area contributed by atoms with Crippen molar-refractivity contribution >= 4 is 5.78 Å². The van der Waals surface area contributed by atoms with Crippen LogP contribution in [-0.2, 0) is 6.42 Å². The second kappa shape index (κ2) is 7.04. The molecule has 0 bridgehead atoms. The van der Waals surface area contributed by atoms with Crippen LogP contribution in [-0.4, -0.2) is 31.0 Å². The van der Waals surface area contributed by atoms with Crippen LogP contribution in [0.3, 0.4) is 0 Å². The molecule has 21 heavy (non-hydrogen) atoms. The Labute approximate surface area is 126 Å². The van der Waals surface area contributed by atoms with Gasteiger partial charge in [-0.05, 0) is 50.8 Å². The molecule has 1 unspecified atom stereocenters. The Morgan fingerprint density at radius 3 is 2.24 bits per heavy atom. The van der Waals surface area contributed by atoms with Crippen LogP contribution in [0.1, 0.15) is 22.8 Å². The molecular formula is C18H21NO2. The lowest BCUT2D eigenvalue weighted by atomic mass is 10.0. The van der Waals surface area contributed by atoms with Crippen molar-refractivity contribution in [2.24, 2.45) is 0 Å². The first-order valence-corrected chi connectivity index (χ1v) is 7.06. The first kappa shape index (κ1) is 15.3. The zero-order valence-corrected chi connectivity index (χ0v) is 12.7. The van der Waals surface area contributed by atoms with Crippen molar-refractivity contribution in [2.75, 3.05) is 14.1 Å². The van der Waals surface area contributed by atoms with E-state index in [1.807, 2.05) is 80.5 Å². The van der Waals surface area contributed by atoms with Gasteiger partial charge in [-0.25, -0.2) is 0 Å². The van der Waals surface area contributed by atoms with Crippen LogP contribution in [0.4, 0.5) is 0 Å². The summed E-state index contributed by atoms with van der Waals surface area (Å²) in [6, 6.07) is 17.1. The van der Waals surface area contributed by atoms with E-state index in [0.29, 0.717) is 12.0 Å². The zero-order chi connectivity index (χ0) is 15.2. The SMILES string of the molecule is CC(Oc1ccc(C(=O)Cc2ccccc2)cc1)N(C)C. The predicted molar refractivity (Wildman–Crippen MR) is 84.7 cm³/mol. The van der Waals surface area contributed by atoms with Crippen molar-refractivity contribution < 1.29 is 9.53 Å². The van der Waals surface area contributed by atoms with Crippen LogP contribution < -0.4 is 4.74 Å². The summed E-state index contributed by atoms with van der Waals surface area (Å²) in [5, 5.41) is 0. The largest absolute Gasteiger partial charge is 0.475 e. The fourth-order valence-electron chi connectivity index (χ4n) is 1.91. The van der Waals surface area contributed by atoms with Crippen molar-refractivity contribution in [1.82, 2.24) is 4.90 Å². The third-order valence-electron chi connectivity index (χ3n) is 3.42. The van der Waals surface area contributed by atoms with E-state index in [1.54, 1.807) is 0 Å². The van der Waals surface area contributed by atoms with Gasteiger partial charge < -0.3 is 4.74 Å². The van der Waals surface area contributed by atoms with Crippen molar-refractivity contribution in [3.8, 4) is 5.75 Å². The van der Waals surface area contributed by atoms with Crippen molar-refractivity contribution in [1.29, 1.82) is 0 Å². The molecule has 0 aliphatic carbocycles. The normalized spacial score (nSPS) is 12.2. The van der Waals surface area contributed by atoms with Gasteiger partial charge in [-0.1, -0.05) is 30.3 Å². The van der Waals surface area contributed by atoms with Crippen LogP contribution in [0.2, 0.25) is 0 Å². The number of nitrogens with zero attached hydrogens (tertiary/aromatic N) is 1. The molecule has 3 heteroatoms. The minimum Gasteiger partial charge on any atom is -0.475 e. The van der Waals surface area contributed by atoms with Crippen LogP contribution in [0.15, 0.2) is 54.6 Å². The van der Waals surface area contributed by atoms with Gasteiger partial charge in [0.15, 0.2) is 5.78 Å². The van der Waals surface area contributed by atoms with E-state index in [0.717, 1.165) is 11.3 Å². The van der Waals surface area contributed by atoms with Gasteiger partial charge in [0.2, 0.25) is 0 Å². The molecule has 0 radical (unpaired) electrons. The standard InChI is InChI=1S/C18H21NO2/c1-14(19(2)3)21-17-11-9-16(10-12-17)18(20)13-15-7-5-4-6-8-15/h4-12,14H,13H2,1-3H3. The number of rotatable bonds is 6. The molecule has 0 saturated heterocycles. The Morgan fingerprint density at radius 1 is 1.05 bits per heavy atom. The molecule has 0 aliphatic rings. The quantitative estimate of drug-likeness (QED) is 0.601. The Bertz CT molecular complexity index is 576. The molecule has 0 spiro atoms. The molecule has 2 rings (SSSR count). The summed E-state index contributed by atoms with van der Waals surface area (Å²) in [5.74, 6) is 0.890. The third kappa shape index (κ3) is 4.43. The average Bonchev–Trinajstić information content (AvgIpc) is 2.48. The molecule has 0 aromatic heterocycles. The topological polar surface area (TPSA) is 29.5 Å². The van der Waals surface area contributed by atoms with E-state index >= 15 is 0 Å². The fourth-order valence-corrected chi connectivity index (χ4v) is 1.91. The summed E-state index contributed by atoms with van der Waals surface area (Å²) in [6.07, 6.45) is 0.422.